The van der Waals surface area contributed by atoms with Gasteiger partial charge in [-0.25, -0.2) is 0 Å². The number of anilines is 1. The van der Waals surface area contributed by atoms with Crippen molar-refractivity contribution in [3.63, 3.8) is 0 Å². The number of carbonyl (C=O) groups is 1. The first-order valence-corrected chi connectivity index (χ1v) is 9.42. The van der Waals surface area contributed by atoms with Crippen LogP contribution in [0, 0.1) is 12.3 Å². The number of amides is 1. The van der Waals surface area contributed by atoms with Crippen molar-refractivity contribution < 1.29 is 35.6 Å². The first-order valence-electron chi connectivity index (χ1n) is 9.42. The molecule has 0 saturated heterocycles. The van der Waals surface area contributed by atoms with Crippen LogP contribution in [0.5, 0.6) is 0 Å². The molecule has 1 heterocycles. The Morgan fingerprint density at radius 2 is 1.52 bits per heavy atom. The highest BCUT2D eigenvalue weighted by molar-refractivity contribution is 6.13. The van der Waals surface area contributed by atoms with Gasteiger partial charge in [-0.15, -0.1) is 0 Å². The van der Waals surface area contributed by atoms with Crippen LogP contribution in [0.15, 0.2) is 59.2 Å². The van der Waals surface area contributed by atoms with Crippen molar-refractivity contribution in [1.82, 2.24) is 5.32 Å². The number of rotatable bonds is 5. The summed E-state index contributed by atoms with van der Waals surface area (Å²) in [6, 6.07) is 8.05. The molecule has 33 heavy (non-hydrogen) atoms. The van der Waals surface area contributed by atoms with Crippen molar-refractivity contribution in [2.24, 2.45) is 0 Å². The fraction of sp³-hybridized carbons (Fsp3) is 0.182. The Hall–Kier alpha value is -3.76. The number of furan rings is 1. The van der Waals surface area contributed by atoms with Gasteiger partial charge in [0.05, 0.1) is 23.0 Å². The minimum Gasteiger partial charge on any atom is -0.469 e. The van der Waals surface area contributed by atoms with E-state index in [0.717, 1.165) is 30.3 Å². The second-order valence-corrected chi connectivity index (χ2v) is 7.03. The lowest BCUT2D eigenvalue weighted by atomic mass is 10.1. The third-order valence-corrected chi connectivity index (χ3v) is 4.72. The number of benzene rings is 2. The fourth-order valence-electron chi connectivity index (χ4n) is 2.96. The second kappa shape index (κ2) is 9.00. The number of hydrogen-bond donors (Lipinski definition) is 3. The van der Waals surface area contributed by atoms with E-state index in [1.165, 1.54) is 31.4 Å². The van der Waals surface area contributed by atoms with Crippen LogP contribution in [0.4, 0.5) is 32.0 Å². The lowest BCUT2D eigenvalue weighted by Gasteiger charge is -2.17. The molecule has 0 spiro atoms. The second-order valence-electron chi connectivity index (χ2n) is 7.03. The molecule has 3 aromatic rings. The molecule has 0 saturated carbocycles. The van der Waals surface area contributed by atoms with Crippen LogP contribution < -0.4 is 10.6 Å². The van der Waals surface area contributed by atoms with Crippen molar-refractivity contribution in [3.8, 4) is 0 Å². The maximum Gasteiger partial charge on any atom is 0.416 e. The highest BCUT2D eigenvalue weighted by Crippen LogP contribution is 2.33. The lowest BCUT2D eigenvalue weighted by molar-refractivity contribution is -0.138. The molecule has 1 amide bonds. The Morgan fingerprint density at radius 1 is 0.909 bits per heavy atom. The molecule has 1 aromatic heterocycles. The summed E-state index contributed by atoms with van der Waals surface area (Å²) in [6.45, 7) is 1.42. The summed E-state index contributed by atoms with van der Waals surface area (Å²) in [6.07, 6.45) is -7.90. The van der Waals surface area contributed by atoms with Gasteiger partial charge in [0, 0.05) is 17.8 Å². The number of aryl methyl sites for hydroxylation is 1. The summed E-state index contributed by atoms with van der Waals surface area (Å²) < 4.78 is 82.7. The molecular weight excluding hydrogens is 452 g/mol. The maximum absolute atomic E-state index is 13.2. The minimum atomic E-state index is -4.66. The molecule has 0 atom stereocenters. The van der Waals surface area contributed by atoms with Crippen molar-refractivity contribution in [2.45, 2.75) is 25.8 Å². The summed E-state index contributed by atoms with van der Waals surface area (Å²) in [4.78, 5) is 12.3. The number of halogens is 6. The van der Waals surface area contributed by atoms with E-state index >= 15 is 0 Å². The molecule has 2 aromatic carbocycles. The number of carbonyl (C=O) groups excluding carboxylic acids is 1. The van der Waals surface area contributed by atoms with E-state index in [2.05, 4.69) is 10.6 Å². The Morgan fingerprint density at radius 3 is 2.06 bits per heavy atom. The molecule has 3 rings (SSSR count). The monoisotopic (exact) mass is 469 g/mol. The van der Waals surface area contributed by atoms with E-state index in [1.54, 1.807) is 0 Å². The summed E-state index contributed by atoms with van der Waals surface area (Å²) in [7, 11) is 0. The number of amidine groups is 1. The van der Waals surface area contributed by atoms with Crippen LogP contribution in [0.25, 0.3) is 0 Å². The van der Waals surface area contributed by atoms with E-state index in [9.17, 15) is 31.1 Å². The summed E-state index contributed by atoms with van der Waals surface area (Å²) in [5.74, 6) is -0.850. The van der Waals surface area contributed by atoms with Crippen LogP contribution in [0.2, 0.25) is 0 Å². The number of nitrogens with one attached hydrogen (secondary N) is 3. The van der Waals surface area contributed by atoms with E-state index in [0.29, 0.717) is 11.3 Å². The predicted molar refractivity (Wildman–Crippen MR) is 108 cm³/mol. The molecule has 174 valence electrons. The smallest absolute Gasteiger partial charge is 0.416 e. The van der Waals surface area contributed by atoms with Gasteiger partial charge in [0.25, 0.3) is 5.91 Å². The normalized spacial score (nSPS) is 11.8. The quantitative estimate of drug-likeness (QED) is 0.244. The van der Waals surface area contributed by atoms with Gasteiger partial charge in [0.2, 0.25) is 0 Å². The van der Waals surface area contributed by atoms with E-state index in [4.69, 9.17) is 9.83 Å². The topological polar surface area (TPSA) is 78.1 Å². The first-order chi connectivity index (χ1) is 15.4. The van der Waals surface area contributed by atoms with Crippen LogP contribution >= 0.6 is 0 Å². The summed E-state index contributed by atoms with van der Waals surface area (Å²) in [5.41, 5.74) is -1.48. The molecule has 0 aliphatic heterocycles. The van der Waals surface area contributed by atoms with Gasteiger partial charge in [-0.3, -0.25) is 10.2 Å². The SMILES string of the molecule is Cc1occc1C(=O)NC(=N)c1ccc(C(F)(F)F)cc1NCc1ccc(C(F)(F)F)cc1. The van der Waals surface area contributed by atoms with Crippen LogP contribution in [0.1, 0.15) is 38.4 Å². The molecule has 3 N–H and O–H groups in total. The van der Waals surface area contributed by atoms with Crippen molar-refractivity contribution in [3.05, 3.63) is 88.4 Å². The standard InChI is InChI=1S/C22H17F6N3O2/c1-12-16(8-9-33-12)20(32)31-19(29)17-7-6-15(22(26,27)28)10-18(17)30-11-13-2-4-14(5-3-13)21(23,24)25/h2-10,30H,11H2,1H3,(H2,29,31,32). The maximum atomic E-state index is 13.2. The molecule has 5 nitrogen and oxygen atoms in total. The summed E-state index contributed by atoms with van der Waals surface area (Å²) >= 11 is 0. The van der Waals surface area contributed by atoms with Crippen molar-refractivity contribution in [2.75, 3.05) is 5.32 Å². The average Bonchev–Trinajstić information content (AvgIpc) is 3.17. The van der Waals surface area contributed by atoms with Gasteiger partial charge in [0.15, 0.2) is 0 Å². The van der Waals surface area contributed by atoms with E-state index < -0.39 is 35.2 Å². The van der Waals surface area contributed by atoms with Crippen LogP contribution in [-0.4, -0.2) is 11.7 Å². The molecule has 0 unspecified atom stereocenters. The van der Waals surface area contributed by atoms with E-state index in [1.807, 2.05) is 0 Å². The summed E-state index contributed by atoms with van der Waals surface area (Å²) in [5, 5.41) is 13.2. The largest absolute Gasteiger partial charge is 0.469 e. The minimum absolute atomic E-state index is 0.0376. The molecule has 11 heteroatoms. The molecular formula is C22H17F6N3O2. The average molecular weight is 469 g/mol. The Balaban J connectivity index is 1.84. The van der Waals surface area contributed by atoms with Crippen molar-refractivity contribution >= 4 is 17.4 Å². The Labute approximate surface area is 183 Å². The molecule has 0 aliphatic rings. The van der Waals surface area contributed by atoms with Gasteiger partial charge in [0.1, 0.15) is 11.6 Å². The van der Waals surface area contributed by atoms with Crippen LogP contribution in [0.3, 0.4) is 0 Å². The zero-order chi connectivity index (χ0) is 24.4. The fourth-order valence-corrected chi connectivity index (χ4v) is 2.96. The molecule has 0 bridgehead atoms. The van der Waals surface area contributed by atoms with Crippen LogP contribution in [-0.2, 0) is 18.9 Å². The Bertz CT molecular complexity index is 1160. The predicted octanol–water partition coefficient (Wildman–Crippen LogP) is 5.99. The van der Waals surface area contributed by atoms with Gasteiger partial charge in [-0.2, -0.15) is 26.3 Å². The zero-order valence-electron chi connectivity index (χ0n) is 17.0. The van der Waals surface area contributed by atoms with Gasteiger partial charge < -0.3 is 15.1 Å². The third-order valence-electron chi connectivity index (χ3n) is 4.72. The number of hydrogen-bond acceptors (Lipinski definition) is 4. The highest BCUT2D eigenvalue weighted by atomic mass is 19.4. The van der Waals surface area contributed by atoms with Gasteiger partial charge in [-0.1, -0.05) is 12.1 Å². The molecule has 0 radical (unpaired) electrons. The lowest BCUT2D eigenvalue weighted by Crippen LogP contribution is -2.31. The molecule has 0 aliphatic carbocycles. The number of alkyl halides is 6. The van der Waals surface area contributed by atoms with Gasteiger partial charge in [-0.05, 0) is 48.9 Å². The van der Waals surface area contributed by atoms with Crippen molar-refractivity contribution in [1.29, 1.82) is 5.41 Å². The van der Waals surface area contributed by atoms with E-state index in [-0.39, 0.29) is 23.4 Å². The molecule has 0 fully saturated rings. The highest BCUT2D eigenvalue weighted by Gasteiger charge is 2.32. The first kappa shape index (κ1) is 23.9. The Kier molecular flexibility index (Phi) is 6.52. The van der Waals surface area contributed by atoms with Gasteiger partial charge >= 0.3 is 12.4 Å². The third kappa shape index (κ3) is 5.73. The zero-order valence-corrected chi connectivity index (χ0v) is 17.0.